The van der Waals surface area contributed by atoms with Gasteiger partial charge in [-0.1, -0.05) is 42.0 Å². The van der Waals surface area contributed by atoms with E-state index in [4.69, 9.17) is 14.2 Å². The van der Waals surface area contributed by atoms with Gasteiger partial charge < -0.3 is 24.2 Å². The zero-order valence-electron chi connectivity index (χ0n) is 23.0. The van der Waals surface area contributed by atoms with Crippen LogP contribution in [0.5, 0.6) is 17.2 Å². The SMILES string of the molecule is COc1ccc([C@@H]2C(=C(O)c3ccc(OCc4cccc(C)c4)cc3)C(=O)C(=O)N2Cc2cccnc2)cc1OC. The second-order valence-corrected chi connectivity index (χ2v) is 9.70. The number of benzene rings is 3. The van der Waals surface area contributed by atoms with E-state index in [2.05, 4.69) is 11.1 Å². The molecule has 1 aliphatic heterocycles. The van der Waals surface area contributed by atoms with Crippen molar-refractivity contribution >= 4 is 17.4 Å². The van der Waals surface area contributed by atoms with Crippen molar-refractivity contribution in [3.63, 3.8) is 0 Å². The summed E-state index contributed by atoms with van der Waals surface area (Å²) in [5, 5.41) is 11.5. The number of carbonyl (C=O) groups is 2. The third-order valence-corrected chi connectivity index (χ3v) is 6.95. The van der Waals surface area contributed by atoms with Gasteiger partial charge in [-0.2, -0.15) is 0 Å². The van der Waals surface area contributed by atoms with Crippen LogP contribution in [0.4, 0.5) is 0 Å². The van der Waals surface area contributed by atoms with Gasteiger partial charge in [0.2, 0.25) is 0 Å². The average Bonchev–Trinajstić information content (AvgIpc) is 3.25. The number of amides is 1. The van der Waals surface area contributed by atoms with E-state index in [1.54, 1.807) is 60.9 Å². The number of pyridine rings is 1. The Bertz CT molecular complexity index is 1600. The molecule has 1 aromatic heterocycles. The Kier molecular flexibility index (Phi) is 8.01. The molecule has 0 aliphatic carbocycles. The summed E-state index contributed by atoms with van der Waals surface area (Å²) >= 11 is 0. The summed E-state index contributed by atoms with van der Waals surface area (Å²) in [6.45, 7) is 2.54. The Morgan fingerprint density at radius 2 is 1.66 bits per heavy atom. The maximum Gasteiger partial charge on any atom is 0.295 e. The fourth-order valence-electron chi connectivity index (χ4n) is 4.93. The number of likely N-dealkylation sites (tertiary alicyclic amines) is 1. The molecule has 208 valence electrons. The molecular formula is C33H30N2O6. The first kappa shape index (κ1) is 27.5. The molecule has 4 aromatic rings. The number of ketones is 1. The van der Waals surface area contributed by atoms with Crippen molar-refractivity contribution < 1.29 is 28.9 Å². The number of aryl methyl sites for hydroxylation is 1. The first-order valence-corrected chi connectivity index (χ1v) is 13.1. The van der Waals surface area contributed by atoms with E-state index in [-0.39, 0.29) is 17.9 Å². The summed E-state index contributed by atoms with van der Waals surface area (Å²) in [5.74, 6) is -0.216. The Hall–Kier alpha value is -5.11. The second-order valence-electron chi connectivity index (χ2n) is 9.70. The van der Waals surface area contributed by atoms with Crippen LogP contribution < -0.4 is 14.2 Å². The molecule has 8 heteroatoms. The fourth-order valence-corrected chi connectivity index (χ4v) is 4.93. The molecule has 0 bridgehead atoms. The number of rotatable bonds is 9. The lowest BCUT2D eigenvalue weighted by Crippen LogP contribution is -2.29. The van der Waals surface area contributed by atoms with Crippen molar-refractivity contribution in [2.75, 3.05) is 14.2 Å². The lowest BCUT2D eigenvalue weighted by Gasteiger charge is -2.26. The smallest absolute Gasteiger partial charge is 0.295 e. The Morgan fingerprint density at radius 3 is 2.34 bits per heavy atom. The highest BCUT2D eigenvalue weighted by molar-refractivity contribution is 6.46. The molecule has 0 spiro atoms. The van der Waals surface area contributed by atoms with Gasteiger partial charge in [-0.05, 0) is 66.1 Å². The number of aliphatic hydroxyl groups excluding tert-OH is 1. The van der Waals surface area contributed by atoms with Crippen molar-refractivity contribution in [3.05, 3.63) is 125 Å². The van der Waals surface area contributed by atoms with Crippen molar-refractivity contribution in [1.82, 2.24) is 9.88 Å². The number of Topliss-reactive ketones (excluding diaryl/α,β-unsaturated/α-hetero) is 1. The van der Waals surface area contributed by atoms with E-state index >= 15 is 0 Å². The summed E-state index contributed by atoms with van der Waals surface area (Å²) in [6, 6.07) is 22.7. The molecule has 2 heterocycles. The minimum atomic E-state index is -0.868. The largest absolute Gasteiger partial charge is 0.507 e. The van der Waals surface area contributed by atoms with Crippen molar-refractivity contribution in [2.45, 2.75) is 26.1 Å². The highest BCUT2D eigenvalue weighted by Gasteiger charge is 2.46. The van der Waals surface area contributed by atoms with Gasteiger partial charge in [-0.15, -0.1) is 0 Å². The summed E-state index contributed by atoms with van der Waals surface area (Å²) in [4.78, 5) is 32.4. The number of carbonyl (C=O) groups excluding carboxylic acids is 2. The van der Waals surface area contributed by atoms with Crippen LogP contribution in [-0.2, 0) is 22.7 Å². The standard InChI is InChI=1S/C33H30N2O6/c1-21-6-4-7-22(16-21)20-41-26-12-9-24(10-13-26)31(36)29-30(25-11-14-27(39-2)28(17-25)40-3)35(33(38)32(29)37)19-23-8-5-15-34-18-23/h4-18,30,36H,19-20H2,1-3H3/t30-/m1/s1. The van der Waals surface area contributed by atoms with E-state index in [0.717, 1.165) is 16.7 Å². The van der Waals surface area contributed by atoms with Gasteiger partial charge in [-0.25, -0.2) is 0 Å². The predicted molar refractivity (Wildman–Crippen MR) is 154 cm³/mol. The number of hydrogen-bond acceptors (Lipinski definition) is 7. The highest BCUT2D eigenvalue weighted by Crippen LogP contribution is 2.42. The van der Waals surface area contributed by atoms with Crippen LogP contribution in [0.3, 0.4) is 0 Å². The quantitative estimate of drug-likeness (QED) is 0.164. The number of nitrogens with zero attached hydrogens (tertiary/aromatic N) is 2. The van der Waals surface area contributed by atoms with Crippen molar-refractivity contribution in [1.29, 1.82) is 0 Å². The van der Waals surface area contributed by atoms with Crippen molar-refractivity contribution in [3.8, 4) is 17.2 Å². The van der Waals surface area contributed by atoms with Crippen LogP contribution in [-0.4, -0.2) is 40.9 Å². The maximum absolute atomic E-state index is 13.4. The lowest BCUT2D eigenvalue weighted by atomic mass is 9.94. The Labute approximate surface area is 238 Å². The molecule has 0 unspecified atom stereocenters. The van der Waals surface area contributed by atoms with E-state index in [1.807, 2.05) is 31.2 Å². The third kappa shape index (κ3) is 5.77. The van der Waals surface area contributed by atoms with Gasteiger partial charge in [0.25, 0.3) is 11.7 Å². The fraction of sp³-hybridized carbons (Fsp3) is 0.182. The van der Waals surface area contributed by atoms with Gasteiger partial charge in [0.15, 0.2) is 11.5 Å². The molecular weight excluding hydrogens is 520 g/mol. The summed E-state index contributed by atoms with van der Waals surface area (Å²) < 4.78 is 16.8. The topological polar surface area (TPSA) is 98.2 Å². The van der Waals surface area contributed by atoms with E-state index in [1.165, 1.54) is 19.1 Å². The second kappa shape index (κ2) is 12.0. The van der Waals surface area contributed by atoms with Crippen molar-refractivity contribution in [2.24, 2.45) is 0 Å². The third-order valence-electron chi connectivity index (χ3n) is 6.95. The van der Waals surface area contributed by atoms with Gasteiger partial charge >= 0.3 is 0 Å². The van der Waals surface area contributed by atoms with Crippen LogP contribution in [0.15, 0.2) is 96.8 Å². The molecule has 1 aliphatic rings. The van der Waals surface area contributed by atoms with Crippen LogP contribution in [0.1, 0.15) is 33.9 Å². The predicted octanol–water partition coefficient (Wildman–Crippen LogP) is 5.61. The summed E-state index contributed by atoms with van der Waals surface area (Å²) in [7, 11) is 3.04. The van der Waals surface area contributed by atoms with Gasteiger partial charge in [-0.3, -0.25) is 14.6 Å². The van der Waals surface area contributed by atoms with E-state index in [9.17, 15) is 14.7 Å². The Morgan fingerprint density at radius 1 is 0.902 bits per heavy atom. The molecule has 1 amide bonds. The van der Waals surface area contributed by atoms with Crippen LogP contribution in [0, 0.1) is 6.92 Å². The van der Waals surface area contributed by atoms with E-state index in [0.29, 0.717) is 35.0 Å². The van der Waals surface area contributed by atoms with E-state index < -0.39 is 17.7 Å². The maximum atomic E-state index is 13.4. The lowest BCUT2D eigenvalue weighted by molar-refractivity contribution is -0.140. The zero-order chi connectivity index (χ0) is 28.9. The molecule has 1 N–H and O–H groups in total. The molecule has 0 radical (unpaired) electrons. The Balaban J connectivity index is 1.51. The molecule has 1 atom stereocenters. The molecule has 0 saturated carbocycles. The molecule has 41 heavy (non-hydrogen) atoms. The normalized spacial score (nSPS) is 16.1. The number of hydrogen-bond donors (Lipinski definition) is 1. The summed E-state index contributed by atoms with van der Waals surface area (Å²) in [5.41, 5.74) is 3.90. The number of aliphatic hydroxyl groups is 1. The summed E-state index contributed by atoms with van der Waals surface area (Å²) in [6.07, 6.45) is 3.28. The minimum absolute atomic E-state index is 0.0143. The molecule has 1 saturated heterocycles. The minimum Gasteiger partial charge on any atom is -0.507 e. The number of methoxy groups -OCH3 is 2. The number of ether oxygens (including phenoxy) is 3. The highest BCUT2D eigenvalue weighted by atomic mass is 16.5. The first-order valence-electron chi connectivity index (χ1n) is 13.1. The molecule has 8 nitrogen and oxygen atoms in total. The number of aromatic nitrogens is 1. The molecule has 3 aromatic carbocycles. The van der Waals surface area contributed by atoms with Gasteiger partial charge in [0.1, 0.15) is 18.1 Å². The average molecular weight is 551 g/mol. The van der Waals surface area contributed by atoms with Crippen LogP contribution in [0.25, 0.3) is 5.76 Å². The molecule has 5 rings (SSSR count). The first-order chi connectivity index (χ1) is 19.9. The monoisotopic (exact) mass is 550 g/mol. The zero-order valence-corrected chi connectivity index (χ0v) is 23.0. The van der Waals surface area contributed by atoms with Gasteiger partial charge in [0, 0.05) is 24.5 Å². The van der Waals surface area contributed by atoms with Crippen LogP contribution >= 0.6 is 0 Å². The molecule has 1 fully saturated rings. The van der Waals surface area contributed by atoms with Gasteiger partial charge in [0.05, 0.1) is 25.8 Å². The van der Waals surface area contributed by atoms with Crippen LogP contribution in [0.2, 0.25) is 0 Å².